The van der Waals surface area contributed by atoms with Crippen molar-refractivity contribution in [2.75, 3.05) is 6.54 Å². The summed E-state index contributed by atoms with van der Waals surface area (Å²) in [6, 6.07) is 15.0. The maximum Gasteiger partial charge on any atom is 0.254 e. The molecule has 0 spiro atoms. The van der Waals surface area contributed by atoms with Gasteiger partial charge in [0.2, 0.25) is 5.91 Å². The van der Waals surface area contributed by atoms with Crippen LogP contribution in [0.15, 0.2) is 48.5 Å². The van der Waals surface area contributed by atoms with Crippen LogP contribution >= 0.6 is 0 Å². The van der Waals surface area contributed by atoms with Gasteiger partial charge in [-0.25, -0.2) is 0 Å². The first kappa shape index (κ1) is 15.3. The topological polar surface area (TPSA) is 63.4 Å². The zero-order chi connectivity index (χ0) is 16.4. The number of amides is 2. The number of nitrogens with zero attached hydrogens (tertiary/aromatic N) is 1. The van der Waals surface area contributed by atoms with E-state index in [4.69, 9.17) is 5.73 Å². The molecule has 1 saturated heterocycles. The predicted octanol–water partition coefficient (Wildman–Crippen LogP) is 3.07. The molecule has 0 radical (unpaired) electrons. The number of likely N-dealkylation sites (tertiary alicyclic amines) is 1. The van der Waals surface area contributed by atoms with Crippen LogP contribution in [0.1, 0.15) is 50.7 Å². The number of carbonyl (C=O) groups is 2. The number of carbonyl (C=O) groups excluding carboxylic acids is 2. The Balaban J connectivity index is 1.82. The van der Waals surface area contributed by atoms with Gasteiger partial charge in [0.25, 0.3) is 5.91 Å². The van der Waals surface area contributed by atoms with Crippen LogP contribution in [-0.4, -0.2) is 23.3 Å². The van der Waals surface area contributed by atoms with Gasteiger partial charge in [0.1, 0.15) is 0 Å². The molecule has 1 unspecified atom stereocenters. The summed E-state index contributed by atoms with van der Waals surface area (Å²) in [7, 11) is 0. The monoisotopic (exact) mass is 308 g/mol. The van der Waals surface area contributed by atoms with Crippen LogP contribution in [0, 0.1) is 6.92 Å². The van der Waals surface area contributed by atoms with Crippen LogP contribution < -0.4 is 5.73 Å². The van der Waals surface area contributed by atoms with Crippen LogP contribution in [0.5, 0.6) is 0 Å². The van der Waals surface area contributed by atoms with E-state index in [1.165, 1.54) is 11.1 Å². The van der Waals surface area contributed by atoms with Gasteiger partial charge < -0.3 is 10.6 Å². The molecule has 1 fully saturated rings. The molecule has 4 heteroatoms. The summed E-state index contributed by atoms with van der Waals surface area (Å²) >= 11 is 0. The van der Waals surface area contributed by atoms with Gasteiger partial charge >= 0.3 is 0 Å². The van der Waals surface area contributed by atoms with Crippen molar-refractivity contribution < 1.29 is 9.59 Å². The van der Waals surface area contributed by atoms with Crippen molar-refractivity contribution in [3.05, 3.63) is 70.8 Å². The van der Waals surface area contributed by atoms with Crippen molar-refractivity contribution in [1.82, 2.24) is 4.90 Å². The highest BCUT2D eigenvalue weighted by Gasteiger charge is 2.30. The van der Waals surface area contributed by atoms with Crippen LogP contribution in [0.25, 0.3) is 0 Å². The first-order valence-corrected chi connectivity index (χ1v) is 7.83. The second-order valence-electron chi connectivity index (χ2n) is 6.01. The first-order valence-electron chi connectivity index (χ1n) is 7.83. The van der Waals surface area contributed by atoms with E-state index in [1.807, 2.05) is 4.90 Å². The highest BCUT2D eigenvalue weighted by atomic mass is 16.2. The van der Waals surface area contributed by atoms with Crippen molar-refractivity contribution >= 4 is 11.8 Å². The predicted molar refractivity (Wildman–Crippen MR) is 89.2 cm³/mol. The number of aryl methyl sites for hydroxylation is 1. The molecule has 1 atom stereocenters. The Bertz CT molecular complexity index is 720. The SMILES string of the molecule is Cc1ccc(C2CCCN2C(=O)c2ccc(C(N)=O)cc2)cc1. The van der Waals surface area contributed by atoms with Crippen molar-refractivity contribution in [2.24, 2.45) is 5.73 Å². The highest BCUT2D eigenvalue weighted by molar-refractivity contribution is 5.97. The van der Waals surface area contributed by atoms with Crippen molar-refractivity contribution in [3.63, 3.8) is 0 Å². The smallest absolute Gasteiger partial charge is 0.254 e. The Kier molecular flexibility index (Phi) is 4.15. The first-order chi connectivity index (χ1) is 11.1. The third-order valence-corrected chi connectivity index (χ3v) is 4.39. The summed E-state index contributed by atoms with van der Waals surface area (Å²) in [5, 5.41) is 0. The summed E-state index contributed by atoms with van der Waals surface area (Å²) < 4.78 is 0. The maximum atomic E-state index is 12.8. The second kappa shape index (κ2) is 6.24. The average molecular weight is 308 g/mol. The number of nitrogens with two attached hydrogens (primary N) is 1. The minimum atomic E-state index is -0.484. The maximum absolute atomic E-state index is 12.8. The Morgan fingerprint density at radius 3 is 2.22 bits per heavy atom. The van der Waals surface area contributed by atoms with Gasteiger partial charge in [0, 0.05) is 17.7 Å². The van der Waals surface area contributed by atoms with E-state index in [0.717, 1.165) is 19.4 Å². The fraction of sp³-hybridized carbons (Fsp3) is 0.263. The van der Waals surface area contributed by atoms with Crippen LogP contribution in [0.4, 0.5) is 0 Å². The Hall–Kier alpha value is -2.62. The van der Waals surface area contributed by atoms with E-state index in [0.29, 0.717) is 11.1 Å². The van der Waals surface area contributed by atoms with E-state index in [9.17, 15) is 9.59 Å². The third-order valence-electron chi connectivity index (χ3n) is 4.39. The van der Waals surface area contributed by atoms with Gasteiger partial charge in [0.05, 0.1) is 6.04 Å². The van der Waals surface area contributed by atoms with Gasteiger partial charge in [-0.15, -0.1) is 0 Å². The van der Waals surface area contributed by atoms with Crippen molar-refractivity contribution in [3.8, 4) is 0 Å². The molecule has 2 aromatic rings. The fourth-order valence-corrected chi connectivity index (χ4v) is 3.09. The summed E-state index contributed by atoms with van der Waals surface area (Å²) in [5.41, 5.74) is 8.64. The Morgan fingerprint density at radius 1 is 1.00 bits per heavy atom. The fourth-order valence-electron chi connectivity index (χ4n) is 3.09. The molecule has 0 aliphatic carbocycles. The highest BCUT2D eigenvalue weighted by Crippen LogP contribution is 2.33. The minimum absolute atomic E-state index is 0.00379. The van der Waals surface area contributed by atoms with Crippen LogP contribution in [0.3, 0.4) is 0 Å². The van der Waals surface area contributed by atoms with E-state index in [2.05, 4.69) is 31.2 Å². The summed E-state index contributed by atoms with van der Waals surface area (Å²) in [5.74, 6) is -0.480. The van der Waals surface area contributed by atoms with Crippen LogP contribution in [0.2, 0.25) is 0 Å². The van der Waals surface area contributed by atoms with Crippen LogP contribution in [-0.2, 0) is 0 Å². The number of hydrogen-bond donors (Lipinski definition) is 1. The Labute approximate surface area is 135 Å². The lowest BCUT2D eigenvalue weighted by atomic mass is 10.0. The minimum Gasteiger partial charge on any atom is -0.366 e. The van der Waals surface area contributed by atoms with Gasteiger partial charge in [0.15, 0.2) is 0 Å². The van der Waals surface area contributed by atoms with Crippen molar-refractivity contribution in [2.45, 2.75) is 25.8 Å². The molecule has 1 heterocycles. The third kappa shape index (κ3) is 3.11. The molecule has 0 aromatic heterocycles. The normalized spacial score (nSPS) is 17.3. The zero-order valence-electron chi connectivity index (χ0n) is 13.2. The molecular weight excluding hydrogens is 288 g/mol. The van der Waals surface area contributed by atoms with Gasteiger partial charge in [-0.2, -0.15) is 0 Å². The standard InChI is InChI=1S/C19H20N2O2/c1-13-4-6-14(7-5-13)17-3-2-12-21(17)19(23)16-10-8-15(9-11-16)18(20)22/h4-11,17H,2-3,12H2,1H3,(H2,20,22). The molecule has 4 nitrogen and oxygen atoms in total. The second-order valence-corrected chi connectivity index (χ2v) is 6.01. The quantitative estimate of drug-likeness (QED) is 0.947. The van der Waals surface area contributed by atoms with Gasteiger partial charge in [-0.05, 0) is 49.6 Å². The van der Waals surface area contributed by atoms with E-state index in [-0.39, 0.29) is 11.9 Å². The lowest BCUT2D eigenvalue weighted by Gasteiger charge is -2.25. The molecular formula is C19H20N2O2. The number of rotatable bonds is 3. The number of hydrogen-bond acceptors (Lipinski definition) is 2. The number of primary amides is 1. The van der Waals surface area contributed by atoms with E-state index < -0.39 is 5.91 Å². The lowest BCUT2D eigenvalue weighted by Crippen LogP contribution is -2.30. The average Bonchev–Trinajstić information content (AvgIpc) is 3.04. The van der Waals surface area contributed by atoms with Crippen molar-refractivity contribution in [1.29, 1.82) is 0 Å². The molecule has 0 saturated carbocycles. The molecule has 0 bridgehead atoms. The lowest BCUT2D eigenvalue weighted by molar-refractivity contribution is 0.0735. The molecule has 1 aliphatic heterocycles. The van der Waals surface area contributed by atoms with Gasteiger partial charge in [-0.1, -0.05) is 29.8 Å². The van der Waals surface area contributed by atoms with E-state index >= 15 is 0 Å². The molecule has 118 valence electrons. The Morgan fingerprint density at radius 2 is 1.61 bits per heavy atom. The summed E-state index contributed by atoms with van der Waals surface area (Å²) in [6.45, 7) is 2.82. The van der Waals surface area contributed by atoms with Gasteiger partial charge in [-0.3, -0.25) is 9.59 Å². The molecule has 2 aromatic carbocycles. The van der Waals surface area contributed by atoms with E-state index in [1.54, 1.807) is 24.3 Å². The molecule has 1 aliphatic rings. The number of benzene rings is 2. The summed E-state index contributed by atoms with van der Waals surface area (Å²) in [4.78, 5) is 25.8. The molecule has 3 rings (SSSR count). The summed E-state index contributed by atoms with van der Waals surface area (Å²) in [6.07, 6.45) is 1.98. The largest absolute Gasteiger partial charge is 0.366 e. The molecule has 2 amide bonds. The molecule has 2 N–H and O–H groups in total. The zero-order valence-corrected chi connectivity index (χ0v) is 13.2. The molecule has 23 heavy (non-hydrogen) atoms.